The lowest BCUT2D eigenvalue weighted by atomic mass is 10.2. The van der Waals surface area contributed by atoms with Gasteiger partial charge in [0.15, 0.2) is 0 Å². The van der Waals surface area contributed by atoms with E-state index in [9.17, 15) is 0 Å². The molecule has 4 nitrogen and oxygen atoms in total. The van der Waals surface area contributed by atoms with E-state index < -0.39 is 0 Å². The summed E-state index contributed by atoms with van der Waals surface area (Å²) in [5.41, 5.74) is 2.37. The fraction of sp³-hybridized carbons (Fsp3) is 0.353. The van der Waals surface area contributed by atoms with Crippen LogP contribution in [0.3, 0.4) is 0 Å². The average Bonchev–Trinajstić information content (AvgIpc) is 2.53. The Bertz CT molecular complexity index is 558. The zero-order chi connectivity index (χ0) is 14.9. The molecule has 0 aliphatic heterocycles. The molecule has 0 aliphatic carbocycles. The Morgan fingerprint density at radius 1 is 1.10 bits per heavy atom. The van der Waals surface area contributed by atoms with Gasteiger partial charge in [-0.1, -0.05) is 19.1 Å². The van der Waals surface area contributed by atoms with Crippen LogP contribution in [0.5, 0.6) is 11.6 Å². The van der Waals surface area contributed by atoms with Gasteiger partial charge in [-0.2, -0.15) is 0 Å². The Hall–Kier alpha value is -2.07. The van der Waals surface area contributed by atoms with E-state index in [-0.39, 0.29) is 0 Å². The standard InChI is InChI=1S/C17H22N2O2/c1-3-9-21-16-6-4-5-14(10-16)12-18-13-15-7-8-19-17(11-15)20-2/h4-8,10-11,18H,3,9,12-13H2,1-2H3. The van der Waals surface area contributed by atoms with Crippen LogP contribution in [-0.4, -0.2) is 18.7 Å². The Morgan fingerprint density at radius 2 is 1.90 bits per heavy atom. The van der Waals surface area contributed by atoms with Crippen LogP contribution >= 0.6 is 0 Å². The van der Waals surface area contributed by atoms with Crippen molar-refractivity contribution in [3.63, 3.8) is 0 Å². The quantitative estimate of drug-likeness (QED) is 0.809. The summed E-state index contributed by atoms with van der Waals surface area (Å²) in [6, 6.07) is 12.1. The maximum atomic E-state index is 5.64. The molecule has 0 atom stereocenters. The van der Waals surface area contributed by atoms with Crippen LogP contribution in [0.4, 0.5) is 0 Å². The van der Waals surface area contributed by atoms with Gasteiger partial charge < -0.3 is 14.8 Å². The zero-order valence-electron chi connectivity index (χ0n) is 12.6. The van der Waals surface area contributed by atoms with Crippen molar-refractivity contribution in [2.24, 2.45) is 0 Å². The molecular weight excluding hydrogens is 264 g/mol. The van der Waals surface area contributed by atoms with Crippen LogP contribution in [0.15, 0.2) is 42.6 Å². The predicted octanol–water partition coefficient (Wildman–Crippen LogP) is 3.17. The molecular formula is C17H22N2O2. The van der Waals surface area contributed by atoms with Crippen molar-refractivity contribution in [2.75, 3.05) is 13.7 Å². The summed E-state index contributed by atoms with van der Waals surface area (Å²) in [5, 5.41) is 3.41. The molecule has 0 spiro atoms. The van der Waals surface area contributed by atoms with E-state index in [0.717, 1.165) is 37.4 Å². The van der Waals surface area contributed by atoms with Gasteiger partial charge in [0.25, 0.3) is 0 Å². The van der Waals surface area contributed by atoms with Gasteiger partial charge in [0.2, 0.25) is 5.88 Å². The number of pyridine rings is 1. The number of ether oxygens (including phenoxy) is 2. The van der Waals surface area contributed by atoms with Crippen molar-refractivity contribution in [3.8, 4) is 11.6 Å². The number of aromatic nitrogens is 1. The Labute approximate surface area is 126 Å². The lowest BCUT2D eigenvalue weighted by Crippen LogP contribution is -2.13. The molecule has 2 rings (SSSR count). The molecule has 0 saturated heterocycles. The van der Waals surface area contributed by atoms with E-state index in [1.807, 2.05) is 24.3 Å². The molecule has 0 bridgehead atoms. The van der Waals surface area contributed by atoms with Gasteiger partial charge in [0.1, 0.15) is 5.75 Å². The van der Waals surface area contributed by atoms with E-state index in [1.165, 1.54) is 5.56 Å². The highest BCUT2D eigenvalue weighted by Crippen LogP contribution is 2.14. The third kappa shape index (κ3) is 5.08. The Balaban J connectivity index is 1.85. The summed E-state index contributed by atoms with van der Waals surface area (Å²) in [7, 11) is 1.63. The first-order valence-electron chi connectivity index (χ1n) is 7.23. The molecule has 1 aromatic heterocycles. The van der Waals surface area contributed by atoms with Crippen molar-refractivity contribution in [1.29, 1.82) is 0 Å². The number of nitrogens with one attached hydrogen (secondary N) is 1. The van der Waals surface area contributed by atoms with E-state index in [1.54, 1.807) is 13.3 Å². The summed E-state index contributed by atoms with van der Waals surface area (Å²) in [6.07, 6.45) is 2.78. The molecule has 0 unspecified atom stereocenters. The van der Waals surface area contributed by atoms with Crippen molar-refractivity contribution in [2.45, 2.75) is 26.4 Å². The van der Waals surface area contributed by atoms with Crippen molar-refractivity contribution in [1.82, 2.24) is 10.3 Å². The van der Waals surface area contributed by atoms with Crippen LogP contribution in [0.1, 0.15) is 24.5 Å². The number of hydrogen-bond acceptors (Lipinski definition) is 4. The maximum Gasteiger partial charge on any atom is 0.213 e. The number of hydrogen-bond donors (Lipinski definition) is 1. The SMILES string of the molecule is CCCOc1cccc(CNCc2ccnc(OC)c2)c1. The minimum absolute atomic E-state index is 0.643. The Kier molecular flexibility index (Phi) is 6.03. The summed E-state index contributed by atoms with van der Waals surface area (Å²) >= 11 is 0. The number of rotatable bonds is 8. The minimum atomic E-state index is 0.643. The lowest BCUT2D eigenvalue weighted by molar-refractivity contribution is 0.317. The van der Waals surface area contributed by atoms with Gasteiger partial charge in [0.05, 0.1) is 13.7 Å². The van der Waals surface area contributed by atoms with E-state index in [2.05, 4.69) is 29.4 Å². The third-order valence-electron chi connectivity index (χ3n) is 3.04. The second-order valence-corrected chi connectivity index (χ2v) is 4.81. The van der Waals surface area contributed by atoms with E-state index >= 15 is 0 Å². The molecule has 1 N–H and O–H groups in total. The highest BCUT2D eigenvalue weighted by atomic mass is 16.5. The molecule has 4 heteroatoms. The molecule has 0 amide bonds. The van der Waals surface area contributed by atoms with Crippen LogP contribution in [0, 0.1) is 0 Å². The third-order valence-corrected chi connectivity index (χ3v) is 3.04. The molecule has 0 aliphatic rings. The molecule has 0 fully saturated rings. The fourth-order valence-electron chi connectivity index (χ4n) is 1.99. The highest BCUT2D eigenvalue weighted by molar-refractivity contribution is 5.28. The monoisotopic (exact) mass is 286 g/mol. The van der Waals surface area contributed by atoms with Crippen LogP contribution in [0.2, 0.25) is 0 Å². The first kappa shape index (κ1) is 15.3. The summed E-state index contributed by atoms with van der Waals surface area (Å²) in [5.74, 6) is 1.57. The first-order chi connectivity index (χ1) is 10.3. The van der Waals surface area contributed by atoms with Gasteiger partial charge in [-0.25, -0.2) is 4.98 Å². The minimum Gasteiger partial charge on any atom is -0.494 e. The summed E-state index contributed by atoms with van der Waals surface area (Å²) < 4.78 is 10.8. The largest absolute Gasteiger partial charge is 0.494 e. The smallest absolute Gasteiger partial charge is 0.213 e. The van der Waals surface area contributed by atoms with Crippen LogP contribution in [-0.2, 0) is 13.1 Å². The van der Waals surface area contributed by atoms with Crippen molar-refractivity contribution in [3.05, 3.63) is 53.7 Å². The van der Waals surface area contributed by atoms with Gasteiger partial charge in [-0.3, -0.25) is 0 Å². The summed E-state index contributed by atoms with van der Waals surface area (Å²) in [4.78, 5) is 4.10. The molecule has 112 valence electrons. The topological polar surface area (TPSA) is 43.4 Å². The second kappa shape index (κ2) is 8.27. The molecule has 0 saturated carbocycles. The van der Waals surface area contributed by atoms with Crippen LogP contribution < -0.4 is 14.8 Å². The predicted molar refractivity (Wildman–Crippen MR) is 83.6 cm³/mol. The molecule has 21 heavy (non-hydrogen) atoms. The average molecular weight is 286 g/mol. The highest BCUT2D eigenvalue weighted by Gasteiger charge is 1.99. The normalized spacial score (nSPS) is 10.4. The van der Waals surface area contributed by atoms with Crippen molar-refractivity contribution < 1.29 is 9.47 Å². The Morgan fingerprint density at radius 3 is 2.67 bits per heavy atom. The van der Waals surface area contributed by atoms with Crippen LogP contribution in [0.25, 0.3) is 0 Å². The molecule has 0 radical (unpaired) electrons. The van der Waals surface area contributed by atoms with Gasteiger partial charge in [-0.15, -0.1) is 0 Å². The number of nitrogens with zero attached hydrogens (tertiary/aromatic N) is 1. The lowest BCUT2D eigenvalue weighted by Gasteiger charge is -2.09. The first-order valence-corrected chi connectivity index (χ1v) is 7.23. The molecule has 1 aromatic carbocycles. The van der Waals surface area contributed by atoms with Crippen molar-refractivity contribution >= 4 is 0 Å². The molecule has 1 heterocycles. The van der Waals surface area contributed by atoms with Gasteiger partial charge in [0, 0.05) is 25.4 Å². The van der Waals surface area contributed by atoms with E-state index in [4.69, 9.17) is 9.47 Å². The summed E-state index contributed by atoms with van der Waals surface area (Å²) in [6.45, 7) is 4.44. The van der Waals surface area contributed by atoms with Gasteiger partial charge >= 0.3 is 0 Å². The molecule has 2 aromatic rings. The second-order valence-electron chi connectivity index (χ2n) is 4.81. The fourth-order valence-corrected chi connectivity index (χ4v) is 1.99. The zero-order valence-corrected chi connectivity index (χ0v) is 12.6. The van der Waals surface area contributed by atoms with Gasteiger partial charge in [-0.05, 0) is 35.7 Å². The number of benzene rings is 1. The maximum absolute atomic E-state index is 5.64. The number of methoxy groups -OCH3 is 1. The van der Waals surface area contributed by atoms with E-state index in [0.29, 0.717) is 5.88 Å².